The van der Waals surface area contributed by atoms with Crippen molar-refractivity contribution in [2.24, 2.45) is 0 Å². The van der Waals surface area contributed by atoms with Crippen molar-refractivity contribution in [3.05, 3.63) is 76.7 Å². The molecule has 1 amide bonds. The lowest BCUT2D eigenvalue weighted by Gasteiger charge is -2.26. The van der Waals surface area contributed by atoms with Gasteiger partial charge in [0.05, 0.1) is 24.5 Å². The molecule has 0 spiro atoms. The van der Waals surface area contributed by atoms with E-state index in [4.69, 9.17) is 14.6 Å². The van der Waals surface area contributed by atoms with Crippen molar-refractivity contribution in [2.75, 3.05) is 32.8 Å². The van der Waals surface area contributed by atoms with E-state index in [0.29, 0.717) is 6.54 Å². The molecule has 200 valence electrons. The Morgan fingerprint density at radius 2 is 1.89 bits per heavy atom. The van der Waals surface area contributed by atoms with Gasteiger partial charge in [0.2, 0.25) is 0 Å². The molecule has 4 heterocycles. The number of carboxylic acids is 1. The fourth-order valence-electron chi connectivity index (χ4n) is 4.15. The van der Waals surface area contributed by atoms with Crippen LogP contribution in [0, 0.1) is 0 Å². The van der Waals surface area contributed by atoms with E-state index in [2.05, 4.69) is 50.5 Å². The van der Waals surface area contributed by atoms with Gasteiger partial charge in [0.1, 0.15) is 0 Å². The van der Waals surface area contributed by atoms with E-state index in [0.717, 1.165) is 73.0 Å². The van der Waals surface area contributed by atoms with Crippen LogP contribution in [0.3, 0.4) is 0 Å². The molecule has 0 saturated carbocycles. The van der Waals surface area contributed by atoms with Gasteiger partial charge in [-0.05, 0) is 35.4 Å². The Morgan fingerprint density at radius 1 is 1.13 bits per heavy atom. The first-order valence-corrected chi connectivity index (χ1v) is 12.0. The highest BCUT2D eigenvalue weighted by Crippen LogP contribution is 2.24. The number of morpholine rings is 1. The molecule has 0 atom stereocenters. The zero-order valence-corrected chi connectivity index (χ0v) is 20.4. The van der Waals surface area contributed by atoms with Crippen LogP contribution in [0.5, 0.6) is 0 Å². The molecule has 3 aromatic rings. The Morgan fingerprint density at radius 3 is 2.61 bits per heavy atom. The van der Waals surface area contributed by atoms with Crippen molar-refractivity contribution in [1.82, 2.24) is 20.2 Å². The first-order chi connectivity index (χ1) is 18.2. The number of halogens is 3. The minimum atomic E-state index is -5.08. The summed E-state index contributed by atoms with van der Waals surface area (Å²) in [6.45, 7) is 5.23. The van der Waals surface area contributed by atoms with E-state index in [1.54, 1.807) is 0 Å². The van der Waals surface area contributed by atoms with Crippen LogP contribution in [0.1, 0.15) is 32.9 Å². The molecule has 8 nitrogen and oxygen atoms in total. The topological polar surface area (TPSA) is 108 Å². The number of H-pyrrole nitrogens is 1. The van der Waals surface area contributed by atoms with E-state index in [-0.39, 0.29) is 5.91 Å². The number of aliphatic carboxylic acids is 1. The second-order valence-corrected chi connectivity index (χ2v) is 8.82. The number of ether oxygens (including phenoxy) is 1. The molecule has 1 saturated heterocycles. The largest absolute Gasteiger partial charge is 0.490 e. The lowest BCUT2D eigenvalue weighted by atomic mass is 10.1. The van der Waals surface area contributed by atoms with Crippen molar-refractivity contribution < 1.29 is 32.6 Å². The molecule has 5 rings (SSSR count). The maximum absolute atomic E-state index is 12.0. The molecule has 38 heavy (non-hydrogen) atoms. The van der Waals surface area contributed by atoms with Crippen molar-refractivity contribution in [3.8, 4) is 11.3 Å². The lowest BCUT2D eigenvalue weighted by molar-refractivity contribution is -0.192. The van der Waals surface area contributed by atoms with Crippen molar-refractivity contribution in [3.63, 3.8) is 0 Å². The summed E-state index contributed by atoms with van der Waals surface area (Å²) in [6, 6.07) is 14.6. The molecule has 3 N–H and O–H groups in total. The quantitative estimate of drug-likeness (QED) is 0.462. The summed E-state index contributed by atoms with van der Waals surface area (Å²) in [7, 11) is 0. The third-order valence-electron chi connectivity index (χ3n) is 6.05. The number of hydrogen-bond donors (Lipinski definition) is 3. The minimum absolute atomic E-state index is 0.00473. The number of carboxylic acid groups (broad SMARTS) is 1. The Balaban J connectivity index is 0.000000426. The zero-order valence-electron chi connectivity index (χ0n) is 20.4. The molecule has 0 bridgehead atoms. The number of aromatic amines is 1. The summed E-state index contributed by atoms with van der Waals surface area (Å²) in [5.74, 6) is -2.76. The third kappa shape index (κ3) is 7.30. The van der Waals surface area contributed by atoms with Gasteiger partial charge in [-0.3, -0.25) is 14.7 Å². The normalized spacial score (nSPS) is 15.9. The number of amides is 1. The Hall–Kier alpha value is -3.96. The molecule has 0 unspecified atom stereocenters. The molecule has 2 aliphatic heterocycles. The number of alkyl halides is 3. The second-order valence-electron chi connectivity index (χ2n) is 8.82. The van der Waals surface area contributed by atoms with Crippen LogP contribution < -0.4 is 5.32 Å². The average molecular weight is 529 g/mol. The SMILES string of the molecule is O=C(O)C(F)(F)F.O=C1NCCc2[nH]c(-c3ccnc(C=Cc4cccc(CN5CCOCC5)c4)c3)cc21. The summed E-state index contributed by atoms with van der Waals surface area (Å²) < 4.78 is 37.2. The smallest absolute Gasteiger partial charge is 0.475 e. The Bertz CT molecular complexity index is 1310. The molecular formula is C27H27F3N4O4. The number of pyridine rings is 1. The predicted molar refractivity (Wildman–Crippen MR) is 135 cm³/mol. The van der Waals surface area contributed by atoms with Gasteiger partial charge in [-0.1, -0.05) is 30.3 Å². The van der Waals surface area contributed by atoms with Crippen LogP contribution in [0.2, 0.25) is 0 Å². The molecule has 1 aromatic carbocycles. The number of benzene rings is 1. The van der Waals surface area contributed by atoms with Crippen molar-refractivity contribution in [2.45, 2.75) is 19.1 Å². The van der Waals surface area contributed by atoms with E-state index < -0.39 is 12.1 Å². The summed E-state index contributed by atoms with van der Waals surface area (Å²) in [4.78, 5) is 31.3. The molecule has 0 aliphatic carbocycles. The highest BCUT2D eigenvalue weighted by molar-refractivity contribution is 5.97. The fraction of sp³-hybridized carbons (Fsp3) is 0.296. The molecule has 2 aromatic heterocycles. The molecule has 1 fully saturated rings. The van der Waals surface area contributed by atoms with Crippen LogP contribution in [-0.4, -0.2) is 70.9 Å². The number of carbonyl (C=O) groups excluding carboxylic acids is 1. The second kappa shape index (κ2) is 12.1. The monoisotopic (exact) mass is 528 g/mol. The van der Waals surface area contributed by atoms with E-state index in [1.807, 2.05) is 30.5 Å². The number of rotatable bonds is 5. The standard InChI is InChI=1S/C25H26N4O2.C2HF3O2/c30-25-22-16-24(28-23(22)7-9-27-25)20-6-8-26-21(15-20)5-4-18-2-1-3-19(14-18)17-29-10-12-31-13-11-29;3-2(4,5)1(6)7/h1-6,8,14-16,28H,7,9-13,17H2,(H,27,30);(H,6,7). The number of aromatic nitrogens is 2. The lowest BCUT2D eigenvalue weighted by Crippen LogP contribution is -2.35. The van der Waals surface area contributed by atoms with Gasteiger partial charge in [0.15, 0.2) is 0 Å². The number of nitrogens with one attached hydrogen (secondary N) is 2. The number of nitrogens with zero attached hydrogens (tertiary/aromatic N) is 2. The van der Waals surface area contributed by atoms with Crippen LogP contribution >= 0.6 is 0 Å². The summed E-state index contributed by atoms with van der Waals surface area (Å²) >= 11 is 0. The highest BCUT2D eigenvalue weighted by Gasteiger charge is 2.38. The Kier molecular flexibility index (Phi) is 8.59. The molecule has 2 aliphatic rings. The number of fused-ring (bicyclic) bond motifs is 1. The van der Waals surface area contributed by atoms with Crippen LogP contribution in [-0.2, 0) is 22.5 Å². The number of hydrogen-bond acceptors (Lipinski definition) is 5. The zero-order chi connectivity index (χ0) is 27.1. The summed E-state index contributed by atoms with van der Waals surface area (Å²) in [5.41, 5.74) is 7.07. The van der Waals surface area contributed by atoms with Gasteiger partial charge in [0, 0.05) is 55.7 Å². The van der Waals surface area contributed by atoms with Gasteiger partial charge in [-0.15, -0.1) is 0 Å². The molecule has 0 radical (unpaired) electrons. The van der Waals surface area contributed by atoms with Crippen molar-refractivity contribution in [1.29, 1.82) is 0 Å². The highest BCUT2D eigenvalue weighted by atomic mass is 19.4. The molecule has 11 heteroatoms. The van der Waals surface area contributed by atoms with Gasteiger partial charge in [-0.2, -0.15) is 13.2 Å². The van der Waals surface area contributed by atoms with Crippen LogP contribution in [0.15, 0.2) is 48.7 Å². The van der Waals surface area contributed by atoms with E-state index in [9.17, 15) is 18.0 Å². The van der Waals surface area contributed by atoms with E-state index >= 15 is 0 Å². The van der Waals surface area contributed by atoms with E-state index in [1.165, 1.54) is 5.56 Å². The van der Waals surface area contributed by atoms with Crippen LogP contribution in [0.25, 0.3) is 23.4 Å². The number of carbonyl (C=O) groups is 2. The maximum Gasteiger partial charge on any atom is 0.490 e. The first-order valence-electron chi connectivity index (χ1n) is 12.0. The Labute approximate surface area is 217 Å². The maximum atomic E-state index is 12.0. The van der Waals surface area contributed by atoms with Gasteiger partial charge >= 0.3 is 12.1 Å². The summed E-state index contributed by atoms with van der Waals surface area (Å²) in [5, 5.41) is 10.0. The summed E-state index contributed by atoms with van der Waals surface area (Å²) in [6.07, 6.45) is 1.69. The first kappa shape index (κ1) is 27.1. The predicted octanol–water partition coefficient (Wildman–Crippen LogP) is 4.00. The van der Waals surface area contributed by atoms with Gasteiger partial charge < -0.3 is 20.1 Å². The van der Waals surface area contributed by atoms with Crippen molar-refractivity contribution >= 4 is 24.0 Å². The third-order valence-corrected chi connectivity index (χ3v) is 6.05. The fourth-order valence-corrected chi connectivity index (χ4v) is 4.15. The van der Waals surface area contributed by atoms with Crippen LogP contribution in [0.4, 0.5) is 13.2 Å². The molecular weight excluding hydrogens is 501 g/mol. The van der Waals surface area contributed by atoms with Gasteiger partial charge in [-0.25, -0.2) is 4.79 Å². The van der Waals surface area contributed by atoms with Gasteiger partial charge in [0.25, 0.3) is 5.91 Å². The minimum Gasteiger partial charge on any atom is -0.475 e. The average Bonchev–Trinajstić information content (AvgIpc) is 3.34.